The van der Waals surface area contributed by atoms with Crippen LogP contribution in [0, 0.1) is 12.8 Å². The van der Waals surface area contributed by atoms with Crippen molar-refractivity contribution in [2.45, 2.75) is 26.2 Å². The molecule has 2 N–H and O–H groups in total. The zero-order chi connectivity index (χ0) is 18.3. The van der Waals surface area contributed by atoms with Crippen molar-refractivity contribution >= 4 is 11.6 Å². The van der Waals surface area contributed by atoms with E-state index in [4.69, 9.17) is 0 Å². The molecule has 7 heteroatoms. The molecule has 0 saturated carbocycles. The molecule has 3 aromatic rings. The summed E-state index contributed by atoms with van der Waals surface area (Å²) in [5.41, 5.74) is 3.67. The number of nitrogens with zero attached hydrogens (tertiary/aromatic N) is 3. The minimum Gasteiger partial charge on any atom is -0.348 e. The van der Waals surface area contributed by atoms with Crippen molar-refractivity contribution in [2.75, 3.05) is 5.32 Å². The number of aromatic nitrogens is 4. The van der Waals surface area contributed by atoms with Gasteiger partial charge < -0.3 is 10.3 Å². The summed E-state index contributed by atoms with van der Waals surface area (Å²) >= 11 is 0. The summed E-state index contributed by atoms with van der Waals surface area (Å²) in [7, 11) is 1.82. The van der Waals surface area contributed by atoms with E-state index in [9.17, 15) is 9.59 Å². The molecule has 0 saturated heterocycles. The molecule has 7 nitrogen and oxygen atoms in total. The van der Waals surface area contributed by atoms with E-state index in [1.807, 2.05) is 44.3 Å². The highest BCUT2D eigenvalue weighted by molar-refractivity contribution is 5.93. The summed E-state index contributed by atoms with van der Waals surface area (Å²) < 4.78 is 3.33. The van der Waals surface area contributed by atoms with Crippen molar-refractivity contribution in [3.05, 3.63) is 64.1 Å². The zero-order valence-electron chi connectivity index (χ0n) is 14.8. The highest BCUT2D eigenvalue weighted by atomic mass is 16.2. The Labute approximate surface area is 150 Å². The molecule has 1 aliphatic carbocycles. The number of imidazole rings is 1. The molecule has 1 aromatic carbocycles. The number of nitrogens with one attached hydrogen (secondary N) is 2. The quantitative estimate of drug-likeness (QED) is 0.756. The number of aromatic amines is 1. The average Bonchev–Trinajstić information content (AvgIpc) is 3.20. The van der Waals surface area contributed by atoms with Crippen LogP contribution < -0.4 is 10.9 Å². The zero-order valence-corrected chi connectivity index (χ0v) is 14.8. The van der Waals surface area contributed by atoms with Gasteiger partial charge in [0.15, 0.2) is 0 Å². The van der Waals surface area contributed by atoms with Crippen LogP contribution in [0.3, 0.4) is 0 Å². The van der Waals surface area contributed by atoms with Crippen LogP contribution >= 0.6 is 0 Å². The van der Waals surface area contributed by atoms with Gasteiger partial charge in [-0.3, -0.25) is 14.3 Å². The summed E-state index contributed by atoms with van der Waals surface area (Å²) in [5, 5.41) is 2.87. The molecule has 0 fully saturated rings. The van der Waals surface area contributed by atoms with Gasteiger partial charge in [-0.2, -0.15) is 0 Å². The Morgan fingerprint density at radius 3 is 2.85 bits per heavy atom. The van der Waals surface area contributed by atoms with E-state index in [2.05, 4.69) is 15.3 Å². The topological polar surface area (TPSA) is 84.7 Å². The second-order valence-corrected chi connectivity index (χ2v) is 6.69. The standard InChI is InChI=1S/C19H21N5O2/c1-12-17(19(26)24(23(12)2)14-6-4-3-5-7-14)22-18(25)13-8-9-15-16(10-13)21-11-20-15/h3-7,11,13H,8-10H2,1-2H3,(H,20,21)(H,22,25). The lowest BCUT2D eigenvalue weighted by atomic mass is 9.89. The summed E-state index contributed by atoms with van der Waals surface area (Å²) in [6, 6.07) is 9.40. The predicted molar refractivity (Wildman–Crippen MR) is 98.5 cm³/mol. The molecule has 26 heavy (non-hydrogen) atoms. The fraction of sp³-hybridized carbons (Fsp3) is 0.316. The molecular formula is C19H21N5O2. The Bertz CT molecular complexity index is 1010. The molecule has 0 bridgehead atoms. The monoisotopic (exact) mass is 351 g/mol. The van der Waals surface area contributed by atoms with Crippen molar-refractivity contribution in [1.29, 1.82) is 0 Å². The number of aryl methyl sites for hydroxylation is 1. The highest BCUT2D eigenvalue weighted by Gasteiger charge is 2.28. The number of hydrogen-bond donors (Lipinski definition) is 2. The molecule has 1 unspecified atom stereocenters. The number of para-hydroxylation sites is 1. The lowest BCUT2D eigenvalue weighted by Crippen LogP contribution is -2.30. The van der Waals surface area contributed by atoms with Gasteiger partial charge >= 0.3 is 0 Å². The Morgan fingerprint density at radius 1 is 1.31 bits per heavy atom. The van der Waals surface area contributed by atoms with Crippen molar-refractivity contribution in [2.24, 2.45) is 13.0 Å². The molecule has 134 valence electrons. The predicted octanol–water partition coefficient (Wildman–Crippen LogP) is 1.95. The largest absolute Gasteiger partial charge is 0.348 e. The van der Waals surface area contributed by atoms with E-state index in [-0.39, 0.29) is 17.4 Å². The fourth-order valence-electron chi connectivity index (χ4n) is 3.56. The molecule has 0 radical (unpaired) electrons. The highest BCUT2D eigenvalue weighted by Crippen LogP contribution is 2.24. The van der Waals surface area contributed by atoms with E-state index < -0.39 is 0 Å². The maximum atomic E-state index is 12.9. The molecule has 0 spiro atoms. The van der Waals surface area contributed by atoms with Crippen LogP contribution in [0.4, 0.5) is 5.69 Å². The van der Waals surface area contributed by atoms with Gasteiger partial charge in [0.05, 0.1) is 23.4 Å². The number of benzene rings is 1. The summed E-state index contributed by atoms with van der Waals surface area (Å²) in [6.07, 6.45) is 3.81. The van der Waals surface area contributed by atoms with Crippen LogP contribution in [-0.2, 0) is 24.7 Å². The van der Waals surface area contributed by atoms with Crippen molar-refractivity contribution in [3.8, 4) is 5.69 Å². The maximum Gasteiger partial charge on any atom is 0.295 e. The van der Waals surface area contributed by atoms with Crippen molar-refractivity contribution in [3.63, 3.8) is 0 Å². The van der Waals surface area contributed by atoms with Gasteiger partial charge in [0.1, 0.15) is 5.69 Å². The first-order valence-corrected chi connectivity index (χ1v) is 8.72. The molecule has 2 aromatic heterocycles. The van der Waals surface area contributed by atoms with E-state index in [1.165, 1.54) is 0 Å². The number of rotatable bonds is 3. The van der Waals surface area contributed by atoms with Gasteiger partial charge in [-0.1, -0.05) is 18.2 Å². The lowest BCUT2D eigenvalue weighted by molar-refractivity contribution is -0.120. The summed E-state index contributed by atoms with van der Waals surface area (Å²) in [6.45, 7) is 1.84. The van der Waals surface area contributed by atoms with Gasteiger partial charge in [0.25, 0.3) is 5.56 Å². The molecule has 0 aliphatic heterocycles. The second-order valence-electron chi connectivity index (χ2n) is 6.69. The van der Waals surface area contributed by atoms with E-state index in [0.717, 1.165) is 35.6 Å². The number of carbonyl (C=O) groups is 1. The first-order valence-electron chi connectivity index (χ1n) is 8.72. The Balaban J connectivity index is 1.61. The Hall–Kier alpha value is -3.09. The molecule has 1 aliphatic rings. The van der Waals surface area contributed by atoms with Crippen LogP contribution in [0.1, 0.15) is 23.5 Å². The minimum atomic E-state index is -0.220. The maximum absolute atomic E-state index is 12.9. The summed E-state index contributed by atoms with van der Waals surface area (Å²) in [4.78, 5) is 33.0. The van der Waals surface area contributed by atoms with Gasteiger partial charge in [0, 0.05) is 25.1 Å². The molecule has 1 atom stereocenters. The Kier molecular flexibility index (Phi) is 3.99. The SMILES string of the molecule is Cc1c(NC(=O)C2CCc3nc[nH]c3C2)c(=O)n(-c2ccccc2)n1C. The van der Waals surface area contributed by atoms with Crippen LogP contribution in [0.2, 0.25) is 0 Å². The minimum absolute atomic E-state index is 0.115. The molecule has 2 heterocycles. The molecular weight excluding hydrogens is 330 g/mol. The first-order chi connectivity index (χ1) is 12.6. The van der Waals surface area contributed by atoms with Crippen LogP contribution in [0.5, 0.6) is 0 Å². The number of anilines is 1. The first kappa shape index (κ1) is 16.4. The van der Waals surface area contributed by atoms with Crippen LogP contribution in [0.25, 0.3) is 5.69 Å². The second kappa shape index (κ2) is 6.33. The van der Waals surface area contributed by atoms with Gasteiger partial charge in [0.2, 0.25) is 5.91 Å². The van der Waals surface area contributed by atoms with E-state index >= 15 is 0 Å². The van der Waals surface area contributed by atoms with Gasteiger partial charge in [-0.25, -0.2) is 9.67 Å². The smallest absolute Gasteiger partial charge is 0.295 e. The third-order valence-electron chi connectivity index (χ3n) is 5.16. The fourth-order valence-corrected chi connectivity index (χ4v) is 3.56. The normalized spacial score (nSPS) is 16.3. The number of carbonyl (C=O) groups excluding carboxylic acids is 1. The van der Waals surface area contributed by atoms with Crippen molar-refractivity contribution in [1.82, 2.24) is 19.3 Å². The van der Waals surface area contributed by atoms with Crippen LogP contribution in [0.15, 0.2) is 41.5 Å². The average molecular weight is 351 g/mol. The third kappa shape index (κ3) is 2.65. The number of fused-ring (bicyclic) bond motifs is 1. The van der Waals surface area contributed by atoms with Crippen LogP contribution in [-0.4, -0.2) is 25.2 Å². The molecule has 4 rings (SSSR count). The summed E-state index contributed by atoms with van der Waals surface area (Å²) in [5.74, 6) is -0.275. The number of amides is 1. The van der Waals surface area contributed by atoms with E-state index in [1.54, 1.807) is 15.7 Å². The Morgan fingerprint density at radius 2 is 2.08 bits per heavy atom. The molecule has 1 amide bonds. The lowest BCUT2D eigenvalue weighted by Gasteiger charge is -2.20. The van der Waals surface area contributed by atoms with E-state index in [0.29, 0.717) is 12.1 Å². The third-order valence-corrected chi connectivity index (χ3v) is 5.16. The van der Waals surface area contributed by atoms with Gasteiger partial charge in [-0.15, -0.1) is 0 Å². The van der Waals surface area contributed by atoms with Crippen molar-refractivity contribution < 1.29 is 4.79 Å². The number of H-pyrrole nitrogens is 1. The van der Waals surface area contributed by atoms with Gasteiger partial charge in [-0.05, 0) is 31.9 Å². The number of hydrogen-bond acceptors (Lipinski definition) is 3.